The molecule has 0 aromatic carbocycles. The van der Waals surface area contributed by atoms with Crippen LogP contribution in [0.3, 0.4) is 0 Å². The van der Waals surface area contributed by atoms with Crippen LogP contribution < -0.4 is 5.32 Å². The van der Waals surface area contributed by atoms with Crippen molar-refractivity contribution in [1.29, 1.82) is 0 Å². The minimum atomic E-state index is -0.861. The van der Waals surface area contributed by atoms with E-state index in [4.69, 9.17) is 4.74 Å². The van der Waals surface area contributed by atoms with Crippen molar-refractivity contribution in [2.75, 3.05) is 13.2 Å². The lowest BCUT2D eigenvalue weighted by atomic mass is 10.0. The molecule has 1 amide bonds. The Labute approximate surface area is 348 Å². The number of rotatable bonds is 45. The number of esters is 1. The second kappa shape index (κ2) is 46.0. The predicted octanol–water partition coefficient (Wildman–Crippen LogP) is 14.3. The highest BCUT2D eigenvalue weighted by atomic mass is 16.5. The van der Waals surface area contributed by atoms with Gasteiger partial charge in [-0.25, -0.2) is 0 Å². The molecule has 56 heavy (non-hydrogen) atoms. The van der Waals surface area contributed by atoms with E-state index in [-0.39, 0.29) is 18.5 Å². The van der Waals surface area contributed by atoms with Gasteiger partial charge in [-0.05, 0) is 57.8 Å². The summed E-state index contributed by atoms with van der Waals surface area (Å²) in [5, 5.41) is 23.0. The summed E-state index contributed by atoms with van der Waals surface area (Å²) in [6.45, 7) is 4.82. The molecule has 3 N–H and O–H groups in total. The van der Waals surface area contributed by atoms with Crippen LogP contribution in [-0.2, 0) is 14.3 Å². The minimum absolute atomic E-state index is 0.0312. The zero-order chi connectivity index (χ0) is 40.8. The van der Waals surface area contributed by atoms with Gasteiger partial charge in [0.1, 0.15) is 0 Å². The molecule has 6 heteroatoms. The number of carbonyl (C=O) groups excluding carboxylic acids is 2. The molecule has 2 atom stereocenters. The van der Waals surface area contributed by atoms with Crippen LogP contribution in [0.25, 0.3) is 0 Å². The van der Waals surface area contributed by atoms with E-state index >= 15 is 0 Å². The fraction of sp³-hybridized carbons (Fsp3) is 0.880. The summed E-state index contributed by atoms with van der Waals surface area (Å²) >= 11 is 0. The molecule has 0 aliphatic heterocycles. The van der Waals surface area contributed by atoms with Crippen molar-refractivity contribution in [1.82, 2.24) is 5.32 Å². The number of unbranched alkanes of at least 4 members (excludes halogenated alkanes) is 32. The van der Waals surface area contributed by atoms with Crippen molar-refractivity contribution in [3.63, 3.8) is 0 Å². The number of amides is 1. The van der Waals surface area contributed by atoms with Crippen LogP contribution in [0.1, 0.15) is 258 Å². The molecule has 6 nitrogen and oxygen atoms in total. The van der Waals surface area contributed by atoms with Crippen LogP contribution in [-0.4, -0.2) is 47.4 Å². The highest BCUT2D eigenvalue weighted by Gasteiger charge is 2.18. The van der Waals surface area contributed by atoms with Gasteiger partial charge in [-0.15, -0.1) is 0 Å². The number of nitrogens with one attached hydrogen (secondary N) is 1. The first-order valence-corrected chi connectivity index (χ1v) is 24.6. The highest BCUT2D eigenvalue weighted by molar-refractivity contribution is 5.76. The molecule has 0 saturated carbocycles. The summed E-state index contributed by atoms with van der Waals surface area (Å²) < 4.78 is 5.43. The van der Waals surface area contributed by atoms with E-state index in [1.54, 1.807) is 6.08 Å². The first-order chi connectivity index (χ1) is 27.5. The van der Waals surface area contributed by atoms with E-state index in [9.17, 15) is 19.8 Å². The summed E-state index contributed by atoms with van der Waals surface area (Å²) in [7, 11) is 0. The Balaban J connectivity index is 3.55. The van der Waals surface area contributed by atoms with Crippen LogP contribution >= 0.6 is 0 Å². The maximum atomic E-state index is 12.4. The van der Waals surface area contributed by atoms with Crippen LogP contribution in [0.4, 0.5) is 0 Å². The molecule has 0 aliphatic carbocycles. The number of hydrogen-bond donors (Lipinski definition) is 3. The maximum absolute atomic E-state index is 12.4. The number of aliphatic hydroxyl groups is 2. The molecule has 0 aromatic rings. The van der Waals surface area contributed by atoms with Crippen LogP contribution in [0.5, 0.6) is 0 Å². The minimum Gasteiger partial charge on any atom is -0.466 e. The van der Waals surface area contributed by atoms with Crippen molar-refractivity contribution < 1.29 is 24.5 Å². The molecule has 0 radical (unpaired) electrons. The molecule has 0 bridgehead atoms. The van der Waals surface area contributed by atoms with E-state index in [1.165, 1.54) is 148 Å². The molecule has 0 rings (SSSR count). The fourth-order valence-corrected chi connectivity index (χ4v) is 7.39. The van der Waals surface area contributed by atoms with Crippen molar-refractivity contribution in [3.05, 3.63) is 24.3 Å². The molecule has 0 fully saturated rings. The Hall–Kier alpha value is -1.66. The van der Waals surface area contributed by atoms with Gasteiger partial charge in [-0.1, -0.05) is 212 Å². The van der Waals surface area contributed by atoms with Gasteiger partial charge in [0, 0.05) is 12.8 Å². The third kappa shape index (κ3) is 42.0. The molecule has 0 aliphatic rings. The molecule has 2 unspecified atom stereocenters. The average molecular weight is 790 g/mol. The summed E-state index contributed by atoms with van der Waals surface area (Å²) in [6.07, 6.45) is 53.1. The third-order valence-electron chi connectivity index (χ3n) is 11.2. The third-order valence-corrected chi connectivity index (χ3v) is 11.2. The summed E-state index contributed by atoms with van der Waals surface area (Å²) in [4.78, 5) is 24.4. The molecule has 0 aromatic heterocycles. The smallest absolute Gasteiger partial charge is 0.305 e. The average Bonchev–Trinajstić information content (AvgIpc) is 3.20. The first-order valence-electron chi connectivity index (χ1n) is 24.6. The Morgan fingerprint density at radius 1 is 0.482 bits per heavy atom. The van der Waals surface area contributed by atoms with Gasteiger partial charge in [-0.3, -0.25) is 9.59 Å². The lowest BCUT2D eigenvalue weighted by Gasteiger charge is -2.20. The van der Waals surface area contributed by atoms with Gasteiger partial charge in [-0.2, -0.15) is 0 Å². The van der Waals surface area contributed by atoms with Crippen molar-refractivity contribution in [2.24, 2.45) is 0 Å². The lowest BCUT2D eigenvalue weighted by molar-refractivity contribution is -0.143. The summed E-state index contributed by atoms with van der Waals surface area (Å²) in [5.41, 5.74) is 0. The van der Waals surface area contributed by atoms with Crippen molar-refractivity contribution in [2.45, 2.75) is 270 Å². The first kappa shape index (κ1) is 54.3. The van der Waals surface area contributed by atoms with Gasteiger partial charge in [0.15, 0.2) is 0 Å². The second-order valence-electron chi connectivity index (χ2n) is 16.8. The molecule has 330 valence electrons. The van der Waals surface area contributed by atoms with Crippen LogP contribution in [0.15, 0.2) is 24.3 Å². The fourth-order valence-electron chi connectivity index (χ4n) is 7.39. The quantitative estimate of drug-likeness (QED) is 0.0324. The Bertz CT molecular complexity index is 874. The maximum Gasteiger partial charge on any atom is 0.305 e. The van der Waals surface area contributed by atoms with Gasteiger partial charge in [0.2, 0.25) is 5.91 Å². The number of allylic oxidation sites excluding steroid dienone is 3. The zero-order valence-electron chi connectivity index (χ0n) is 37.4. The van der Waals surface area contributed by atoms with Crippen LogP contribution in [0.2, 0.25) is 0 Å². The second-order valence-corrected chi connectivity index (χ2v) is 16.8. The standard InChI is InChI=1S/C50H95NO5/c1-3-5-7-9-11-13-15-17-19-22-26-30-34-38-42-48(53)47(46-52)51-49(54)43-39-35-31-27-23-21-25-29-33-37-41-45-56-50(55)44-40-36-32-28-24-20-18-16-14-12-10-8-6-4-2/h25,29,38,42,47-48,52-53H,3-24,26-28,30-37,39-41,43-46H2,1-2H3,(H,51,54)/b29-25-,42-38+. The number of carbonyl (C=O) groups is 2. The molecular formula is C50H95NO5. The number of aliphatic hydroxyl groups excluding tert-OH is 2. The topological polar surface area (TPSA) is 95.9 Å². The number of hydrogen-bond acceptors (Lipinski definition) is 5. The molecule has 0 heterocycles. The predicted molar refractivity (Wildman–Crippen MR) is 241 cm³/mol. The Morgan fingerprint density at radius 2 is 0.839 bits per heavy atom. The van der Waals surface area contributed by atoms with E-state index < -0.39 is 12.1 Å². The molecule has 0 spiro atoms. The molecule has 0 saturated heterocycles. The van der Waals surface area contributed by atoms with E-state index in [2.05, 4.69) is 31.3 Å². The van der Waals surface area contributed by atoms with Gasteiger partial charge < -0.3 is 20.3 Å². The Morgan fingerprint density at radius 3 is 1.27 bits per heavy atom. The number of ether oxygens (including phenoxy) is 1. The highest BCUT2D eigenvalue weighted by Crippen LogP contribution is 2.15. The normalized spacial score (nSPS) is 12.9. The van der Waals surface area contributed by atoms with E-state index in [0.717, 1.165) is 83.5 Å². The van der Waals surface area contributed by atoms with E-state index in [1.807, 2.05) is 6.08 Å². The summed E-state index contributed by atoms with van der Waals surface area (Å²) in [5.74, 6) is -0.128. The largest absolute Gasteiger partial charge is 0.466 e. The molecular weight excluding hydrogens is 695 g/mol. The lowest BCUT2D eigenvalue weighted by Crippen LogP contribution is -2.45. The van der Waals surface area contributed by atoms with Crippen LogP contribution in [0, 0.1) is 0 Å². The Kier molecular flexibility index (Phi) is 44.7. The summed E-state index contributed by atoms with van der Waals surface area (Å²) in [6, 6.07) is -0.647. The monoisotopic (exact) mass is 790 g/mol. The van der Waals surface area contributed by atoms with Crippen molar-refractivity contribution in [3.8, 4) is 0 Å². The van der Waals surface area contributed by atoms with Gasteiger partial charge in [0.05, 0.1) is 25.4 Å². The van der Waals surface area contributed by atoms with Gasteiger partial charge >= 0.3 is 5.97 Å². The van der Waals surface area contributed by atoms with E-state index in [0.29, 0.717) is 19.4 Å². The SMILES string of the molecule is CCCCCCCCCCCCCC/C=C/C(O)C(CO)NC(=O)CCCCCCC/C=C\CCCCOC(=O)CCCCCCCCCCCCCCCC. The zero-order valence-corrected chi connectivity index (χ0v) is 37.4. The van der Waals surface area contributed by atoms with Crippen molar-refractivity contribution >= 4 is 11.9 Å². The van der Waals surface area contributed by atoms with Gasteiger partial charge in [0.25, 0.3) is 0 Å².